The highest BCUT2D eigenvalue weighted by Crippen LogP contribution is 2.52. The van der Waals surface area contributed by atoms with E-state index in [-0.39, 0.29) is 59.5 Å². The van der Waals surface area contributed by atoms with Gasteiger partial charge in [0.1, 0.15) is 0 Å². The Labute approximate surface area is 216 Å². The Kier molecular flexibility index (Phi) is 7.70. The molecule has 1 aromatic heterocycles. The standard InChI is InChI=1S/C25H30N6O2.HI/c1-2-26-25(28-15-19-6-3-4-7-20(19)16-30-12-5-10-29-30)27-11-13-31-23(32)21-17-8-9-18(14-17)22(21)24(31)33;/h3-10,12,17-18,21-22H,2,11,13-16H2,1H3,(H2,26,27,28);1H. The number of aliphatic imine (C=N–C) groups is 1. The lowest BCUT2D eigenvalue weighted by Gasteiger charge is -2.18. The number of amides is 2. The van der Waals surface area contributed by atoms with E-state index in [2.05, 4.69) is 40.0 Å². The van der Waals surface area contributed by atoms with Crippen molar-refractivity contribution in [1.82, 2.24) is 25.3 Å². The molecule has 0 radical (unpaired) electrons. The van der Waals surface area contributed by atoms with Crippen LogP contribution in [0.2, 0.25) is 0 Å². The van der Waals surface area contributed by atoms with E-state index in [1.54, 1.807) is 6.20 Å². The first-order valence-corrected chi connectivity index (χ1v) is 11.8. The fraction of sp³-hybridized carbons (Fsp3) is 0.440. The highest BCUT2D eigenvalue weighted by atomic mass is 127. The number of aromatic nitrogens is 2. The summed E-state index contributed by atoms with van der Waals surface area (Å²) in [6.07, 6.45) is 8.93. The van der Waals surface area contributed by atoms with E-state index < -0.39 is 0 Å². The number of guanidine groups is 1. The number of likely N-dealkylation sites (tertiary alicyclic amines) is 1. The van der Waals surface area contributed by atoms with Gasteiger partial charge in [-0.3, -0.25) is 19.2 Å². The maximum atomic E-state index is 12.9. The Balaban J connectivity index is 0.00000274. The van der Waals surface area contributed by atoms with Crippen LogP contribution in [0.5, 0.6) is 0 Å². The van der Waals surface area contributed by atoms with Crippen LogP contribution in [0.25, 0.3) is 0 Å². The van der Waals surface area contributed by atoms with Gasteiger partial charge < -0.3 is 10.6 Å². The van der Waals surface area contributed by atoms with Crippen molar-refractivity contribution in [3.05, 3.63) is 66.0 Å². The molecular formula is C25H31IN6O2. The first-order chi connectivity index (χ1) is 16.2. The van der Waals surface area contributed by atoms with Crippen LogP contribution in [-0.2, 0) is 22.7 Å². The van der Waals surface area contributed by atoms with Crippen LogP contribution in [-0.4, -0.2) is 52.1 Å². The molecule has 8 nitrogen and oxygen atoms in total. The largest absolute Gasteiger partial charge is 0.357 e. The second kappa shape index (κ2) is 10.7. The van der Waals surface area contributed by atoms with Crippen LogP contribution in [0.4, 0.5) is 0 Å². The third-order valence-corrected chi connectivity index (χ3v) is 6.95. The number of carbonyl (C=O) groups is 2. The molecule has 1 saturated carbocycles. The normalized spacial score (nSPS) is 25.0. The van der Waals surface area contributed by atoms with E-state index in [9.17, 15) is 9.59 Å². The molecule has 4 unspecified atom stereocenters. The maximum absolute atomic E-state index is 12.9. The molecule has 1 aliphatic heterocycles. The fourth-order valence-corrected chi connectivity index (χ4v) is 5.41. The summed E-state index contributed by atoms with van der Waals surface area (Å²) in [6, 6.07) is 10.1. The number of rotatable bonds is 8. The first-order valence-electron chi connectivity index (χ1n) is 11.8. The van der Waals surface area contributed by atoms with Crippen LogP contribution >= 0.6 is 24.0 Å². The summed E-state index contributed by atoms with van der Waals surface area (Å²) >= 11 is 0. The molecule has 2 bridgehead atoms. The lowest BCUT2D eigenvalue weighted by atomic mass is 9.85. The van der Waals surface area contributed by atoms with E-state index in [0.29, 0.717) is 32.1 Å². The SMILES string of the molecule is CCNC(=NCc1ccccc1Cn1cccn1)NCCN1C(=O)C2C3C=CC(C3)C2C1=O.I. The third-order valence-electron chi connectivity index (χ3n) is 6.95. The molecule has 4 atom stereocenters. The number of nitrogens with zero attached hydrogens (tertiary/aromatic N) is 4. The predicted molar refractivity (Wildman–Crippen MR) is 140 cm³/mol. The Morgan fingerprint density at radius 2 is 1.76 bits per heavy atom. The number of fused-ring (bicyclic) bond motifs is 5. The monoisotopic (exact) mass is 574 g/mol. The van der Waals surface area contributed by atoms with Gasteiger partial charge in [-0.05, 0) is 42.4 Å². The lowest BCUT2D eigenvalue weighted by Crippen LogP contribution is -2.43. The molecule has 9 heteroatoms. The van der Waals surface area contributed by atoms with Crippen LogP contribution in [0.3, 0.4) is 0 Å². The Morgan fingerprint density at radius 3 is 2.41 bits per heavy atom. The molecule has 2 fully saturated rings. The van der Waals surface area contributed by atoms with E-state index in [1.165, 1.54) is 10.5 Å². The van der Waals surface area contributed by atoms with Crippen molar-refractivity contribution in [3.8, 4) is 0 Å². The summed E-state index contributed by atoms with van der Waals surface area (Å²) < 4.78 is 1.90. The molecule has 5 rings (SSSR count). The number of nitrogens with one attached hydrogen (secondary N) is 2. The van der Waals surface area contributed by atoms with E-state index in [1.807, 2.05) is 36.0 Å². The highest BCUT2D eigenvalue weighted by Gasteiger charge is 2.58. The summed E-state index contributed by atoms with van der Waals surface area (Å²) in [4.78, 5) is 31.9. The van der Waals surface area contributed by atoms with Gasteiger partial charge in [0.15, 0.2) is 5.96 Å². The molecular weight excluding hydrogens is 543 g/mol. The topological polar surface area (TPSA) is 91.6 Å². The van der Waals surface area contributed by atoms with Crippen molar-refractivity contribution in [1.29, 1.82) is 0 Å². The average molecular weight is 574 g/mol. The first kappa shape index (κ1) is 24.4. The summed E-state index contributed by atoms with van der Waals surface area (Å²) in [5.41, 5.74) is 2.30. The number of hydrogen-bond donors (Lipinski definition) is 2. The zero-order valence-corrected chi connectivity index (χ0v) is 21.6. The van der Waals surface area contributed by atoms with Crippen LogP contribution in [0, 0.1) is 23.7 Å². The predicted octanol–water partition coefficient (Wildman–Crippen LogP) is 2.41. The molecule has 2 amide bonds. The van der Waals surface area contributed by atoms with Gasteiger partial charge in [-0.2, -0.15) is 5.10 Å². The molecule has 2 heterocycles. The Morgan fingerprint density at radius 1 is 1.06 bits per heavy atom. The Hall–Kier alpha value is -2.69. The highest BCUT2D eigenvalue weighted by molar-refractivity contribution is 14.0. The van der Waals surface area contributed by atoms with Gasteiger partial charge >= 0.3 is 0 Å². The van der Waals surface area contributed by atoms with E-state index in [0.717, 1.165) is 18.5 Å². The second-order valence-corrected chi connectivity index (χ2v) is 8.92. The quantitative estimate of drug-likeness (QED) is 0.166. The van der Waals surface area contributed by atoms with E-state index in [4.69, 9.17) is 4.99 Å². The maximum Gasteiger partial charge on any atom is 0.233 e. The van der Waals surface area contributed by atoms with Crippen molar-refractivity contribution in [3.63, 3.8) is 0 Å². The minimum absolute atomic E-state index is 0. The fourth-order valence-electron chi connectivity index (χ4n) is 5.41. The van der Waals surface area contributed by atoms with Gasteiger partial charge in [0.05, 0.1) is 24.9 Å². The number of allylic oxidation sites excluding steroid dienone is 2. The number of carbonyl (C=O) groups excluding carboxylic acids is 2. The number of halogens is 1. The van der Waals surface area contributed by atoms with Gasteiger partial charge in [0, 0.05) is 32.0 Å². The average Bonchev–Trinajstić information content (AvgIpc) is 3.61. The van der Waals surface area contributed by atoms with Crippen LogP contribution in [0.15, 0.2) is 59.9 Å². The zero-order chi connectivity index (χ0) is 22.8. The van der Waals surface area contributed by atoms with Crippen molar-refractivity contribution >= 4 is 41.8 Å². The van der Waals surface area contributed by atoms with Crippen molar-refractivity contribution in [2.45, 2.75) is 26.4 Å². The minimum atomic E-state index is -0.138. The summed E-state index contributed by atoms with van der Waals surface area (Å²) in [7, 11) is 0. The summed E-state index contributed by atoms with van der Waals surface area (Å²) in [5.74, 6) is 0.885. The molecule has 3 aliphatic rings. The van der Waals surface area contributed by atoms with Crippen LogP contribution < -0.4 is 10.6 Å². The van der Waals surface area contributed by atoms with Crippen molar-refractivity contribution in [2.75, 3.05) is 19.6 Å². The lowest BCUT2D eigenvalue weighted by molar-refractivity contribution is -0.140. The third kappa shape index (κ3) is 4.75. The molecule has 0 spiro atoms. The molecule has 2 N–H and O–H groups in total. The van der Waals surface area contributed by atoms with Gasteiger partial charge in [-0.15, -0.1) is 24.0 Å². The van der Waals surface area contributed by atoms with Gasteiger partial charge in [0.25, 0.3) is 0 Å². The molecule has 1 saturated heterocycles. The van der Waals surface area contributed by atoms with Gasteiger partial charge in [-0.25, -0.2) is 4.99 Å². The molecule has 180 valence electrons. The number of hydrogen-bond acceptors (Lipinski definition) is 4. The van der Waals surface area contributed by atoms with E-state index >= 15 is 0 Å². The molecule has 34 heavy (non-hydrogen) atoms. The van der Waals surface area contributed by atoms with Gasteiger partial charge in [-0.1, -0.05) is 36.4 Å². The Bertz CT molecular complexity index is 1050. The summed E-state index contributed by atoms with van der Waals surface area (Å²) in [6.45, 7) is 4.79. The van der Waals surface area contributed by atoms with Crippen molar-refractivity contribution < 1.29 is 9.59 Å². The van der Waals surface area contributed by atoms with Crippen LogP contribution in [0.1, 0.15) is 24.5 Å². The zero-order valence-electron chi connectivity index (χ0n) is 19.3. The van der Waals surface area contributed by atoms with Gasteiger partial charge in [0.2, 0.25) is 11.8 Å². The molecule has 2 aromatic rings. The van der Waals surface area contributed by atoms with Crippen molar-refractivity contribution in [2.24, 2.45) is 28.7 Å². The number of benzene rings is 1. The summed E-state index contributed by atoms with van der Waals surface area (Å²) in [5, 5.41) is 10.8. The molecule has 2 aliphatic carbocycles. The molecule has 1 aromatic carbocycles. The number of imide groups is 1. The smallest absolute Gasteiger partial charge is 0.233 e. The second-order valence-electron chi connectivity index (χ2n) is 8.92. The minimum Gasteiger partial charge on any atom is -0.357 e.